The Morgan fingerprint density at radius 2 is 2.27 bits per heavy atom. The number of nitrogens with zero attached hydrogens (tertiary/aromatic N) is 2. The Morgan fingerprint density at radius 1 is 1.42 bits per heavy atom. The fraction of sp³-hybridized carbons (Fsp3) is 0.368. The molecule has 0 aliphatic heterocycles. The largest absolute Gasteiger partial charge is 0.467 e. The minimum Gasteiger partial charge on any atom is -0.467 e. The van der Waals surface area contributed by atoms with Gasteiger partial charge in [-0.1, -0.05) is 0 Å². The minimum absolute atomic E-state index is 0.0787. The first-order valence-corrected chi connectivity index (χ1v) is 9.40. The van der Waals surface area contributed by atoms with Gasteiger partial charge < -0.3 is 19.0 Å². The minimum atomic E-state index is -0.0787. The zero-order valence-corrected chi connectivity index (χ0v) is 16.1. The van der Waals surface area contributed by atoms with Crippen molar-refractivity contribution in [1.29, 1.82) is 0 Å². The number of furan rings is 1. The van der Waals surface area contributed by atoms with Crippen molar-refractivity contribution in [1.82, 2.24) is 14.9 Å². The van der Waals surface area contributed by atoms with E-state index in [1.165, 1.54) is 0 Å². The Bertz CT molecular complexity index is 865. The average Bonchev–Trinajstić information content (AvgIpc) is 3.34. The Kier molecular flexibility index (Phi) is 5.90. The van der Waals surface area contributed by atoms with E-state index in [0.717, 1.165) is 34.3 Å². The molecule has 0 unspecified atom stereocenters. The Balaban J connectivity index is 1.90. The number of nitrogens with one attached hydrogen (secondary N) is 1. The molecule has 3 rings (SSSR count). The van der Waals surface area contributed by atoms with Crippen molar-refractivity contribution < 1.29 is 13.9 Å². The Hall–Kier alpha value is -2.38. The fourth-order valence-corrected chi connectivity index (χ4v) is 3.45. The molecule has 3 aromatic rings. The Morgan fingerprint density at radius 3 is 2.92 bits per heavy atom. The van der Waals surface area contributed by atoms with Gasteiger partial charge >= 0.3 is 0 Å². The normalized spacial score (nSPS) is 11.0. The summed E-state index contributed by atoms with van der Waals surface area (Å²) >= 11 is 1.60. The van der Waals surface area contributed by atoms with Crippen molar-refractivity contribution >= 4 is 17.2 Å². The van der Waals surface area contributed by atoms with Crippen molar-refractivity contribution in [2.75, 3.05) is 20.3 Å². The van der Waals surface area contributed by atoms with Gasteiger partial charge in [0.2, 0.25) is 0 Å². The molecule has 0 saturated heterocycles. The van der Waals surface area contributed by atoms with E-state index in [1.54, 1.807) is 24.7 Å². The molecule has 7 heteroatoms. The lowest BCUT2D eigenvalue weighted by Gasteiger charge is -2.09. The van der Waals surface area contributed by atoms with Crippen LogP contribution in [0.2, 0.25) is 0 Å². The molecule has 0 bridgehead atoms. The first kappa shape index (κ1) is 18.4. The third-order valence-corrected chi connectivity index (χ3v) is 4.97. The second kappa shape index (κ2) is 8.33. The number of amides is 1. The van der Waals surface area contributed by atoms with Crippen LogP contribution in [-0.2, 0) is 11.3 Å². The smallest absolute Gasteiger partial charge is 0.253 e. The third kappa shape index (κ3) is 4.05. The number of ether oxygens (including phenoxy) is 1. The first-order valence-electron chi connectivity index (χ1n) is 8.52. The molecule has 0 spiro atoms. The van der Waals surface area contributed by atoms with Gasteiger partial charge in [-0.2, -0.15) is 0 Å². The molecule has 1 N–H and O–H groups in total. The number of aryl methyl sites for hydroxylation is 1. The molecule has 0 saturated carbocycles. The van der Waals surface area contributed by atoms with Crippen LogP contribution >= 0.6 is 11.3 Å². The highest BCUT2D eigenvalue weighted by molar-refractivity contribution is 7.09. The molecule has 0 aromatic carbocycles. The molecule has 3 heterocycles. The van der Waals surface area contributed by atoms with E-state index in [9.17, 15) is 4.79 Å². The molecule has 0 radical (unpaired) electrons. The number of carbonyl (C=O) groups is 1. The molecule has 1 amide bonds. The lowest BCUT2D eigenvalue weighted by Crippen LogP contribution is -2.25. The summed E-state index contributed by atoms with van der Waals surface area (Å²) in [5.74, 6) is 0.758. The highest BCUT2D eigenvalue weighted by Gasteiger charge is 2.20. The molecule has 3 aromatic heterocycles. The van der Waals surface area contributed by atoms with E-state index in [-0.39, 0.29) is 5.91 Å². The predicted molar refractivity (Wildman–Crippen MR) is 102 cm³/mol. The van der Waals surface area contributed by atoms with Gasteiger partial charge in [-0.15, -0.1) is 11.3 Å². The first-order chi connectivity index (χ1) is 12.6. The summed E-state index contributed by atoms with van der Waals surface area (Å²) in [5, 5.41) is 5.97. The summed E-state index contributed by atoms with van der Waals surface area (Å²) in [7, 11) is 1.66. The molecular weight excluding hydrogens is 350 g/mol. The van der Waals surface area contributed by atoms with Crippen LogP contribution in [0.5, 0.6) is 0 Å². The van der Waals surface area contributed by atoms with Crippen molar-refractivity contribution in [2.24, 2.45) is 0 Å². The van der Waals surface area contributed by atoms with Crippen LogP contribution < -0.4 is 5.32 Å². The SMILES string of the molecule is COCCCNC(=O)c1cc(-c2csc(C)n2)n(Cc2ccco2)c1C. The number of aromatic nitrogens is 2. The summed E-state index contributed by atoms with van der Waals surface area (Å²) in [5.41, 5.74) is 3.35. The van der Waals surface area contributed by atoms with E-state index >= 15 is 0 Å². The zero-order chi connectivity index (χ0) is 18.5. The maximum absolute atomic E-state index is 12.6. The molecule has 26 heavy (non-hydrogen) atoms. The monoisotopic (exact) mass is 373 g/mol. The number of hydrogen-bond acceptors (Lipinski definition) is 5. The lowest BCUT2D eigenvalue weighted by molar-refractivity contribution is 0.0948. The molecule has 6 nitrogen and oxygen atoms in total. The highest BCUT2D eigenvalue weighted by Crippen LogP contribution is 2.28. The van der Waals surface area contributed by atoms with E-state index in [1.807, 2.05) is 37.4 Å². The van der Waals surface area contributed by atoms with Crippen LogP contribution in [0.4, 0.5) is 0 Å². The van der Waals surface area contributed by atoms with Crippen LogP contribution in [0, 0.1) is 13.8 Å². The quantitative estimate of drug-likeness (QED) is 0.612. The standard InChI is InChI=1S/C19H23N3O3S/c1-13-16(19(23)20-7-5-8-24-3)10-18(17-12-26-14(2)21-17)22(13)11-15-6-4-9-25-15/h4,6,9-10,12H,5,7-8,11H2,1-3H3,(H,20,23). The lowest BCUT2D eigenvalue weighted by atomic mass is 10.2. The average molecular weight is 373 g/mol. The van der Waals surface area contributed by atoms with Gasteiger partial charge in [0.15, 0.2) is 0 Å². The maximum Gasteiger partial charge on any atom is 0.253 e. The van der Waals surface area contributed by atoms with Gasteiger partial charge in [-0.3, -0.25) is 4.79 Å². The highest BCUT2D eigenvalue weighted by atomic mass is 32.1. The van der Waals surface area contributed by atoms with Crippen molar-refractivity contribution in [3.8, 4) is 11.4 Å². The van der Waals surface area contributed by atoms with Gasteiger partial charge in [0.05, 0.1) is 34.8 Å². The third-order valence-electron chi connectivity index (χ3n) is 4.20. The van der Waals surface area contributed by atoms with Gasteiger partial charge in [-0.05, 0) is 38.5 Å². The summed E-state index contributed by atoms with van der Waals surface area (Å²) in [6, 6.07) is 5.71. The molecule has 138 valence electrons. The van der Waals surface area contributed by atoms with Gasteiger partial charge in [0, 0.05) is 31.3 Å². The van der Waals surface area contributed by atoms with Gasteiger partial charge in [0.1, 0.15) is 5.76 Å². The number of methoxy groups -OCH3 is 1. The summed E-state index contributed by atoms with van der Waals surface area (Å²) in [6.07, 6.45) is 2.44. The number of carbonyl (C=O) groups excluding carboxylic acids is 1. The van der Waals surface area contributed by atoms with Crippen molar-refractivity contribution in [3.05, 3.63) is 51.9 Å². The van der Waals surface area contributed by atoms with Crippen LogP contribution in [0.25, 0.3) is 11.4 Å². The second-order valence-corrected chi connectivity index (χ2v) is 7.11. The van der Waals surface area contributed by atoms with Gasteiger partial charge in [0.25, 0.3) is 5.91 Å². The number of hydrogen-bond donors (Lipinski definition) is 1. The van der Waals surface area contributed by atoms with E-state index in [0.29, 0.717) is 25.3 Å². The van der Waals surface area contributed by atoms with Crippen LogP contribution in [-0.4, -0.2) is 35.7 Å². The van der Waals surface area contributed by atoms with Crippen LogP contribution in [0.15, 0.2) is 34.3 Å². The maximum atomic E-state index is 12.6. The Labute approximate surface area is 156 Å². The van der Waals surface area contributed by atoms with Crippen molar-refractivity contribution in [2.45, 2.75) is 26.8 Å². The summed E-state index contributed by atoms with van der Waals surface area (Å²) < 4.78 is 12.6. The number of thiazole rings is 1. The van der Waals surface area contributed by atoms with E-state index in [2.05, 4.69) is 14.9 Å². The van der Waals surface area contributed by atoms with E-state index < -0.39 is 0 Å². The van der Waals surface area contributed by atoms with Crippen molar-refractivity contribution in [3.63, 3.8) is 0 Å². The van der Waals surface area contributed by atoms with E-state index in [4.69, 9.17) is 9.15 Å². The summed E-state index contributed by atoms with van der Waals surface area (Å²) in [4.78, 5) is 17.2. The topological polar surface area (TPSA) is 69.3 Å². The number of rotatable bonds is 8. The summed E-state index contributed by atoms with van der Waals surface area (Å²) in [6.45, 7) is 5.70. The zero-order valence-electron chi connectivity index (χ0n) is 15.2. The predicted octanol–water partition coefficient (Wildman–Crippen LogP) is 3.64. The van der Waals surface area contributed by atoms with Crippen LogP contribution in [0.3, 0.4) is 0 Å². The molecule has 0 atom stereocenters. The molecule has 0 aliphatic carbocycles. The molecule has 0 fully saturated rings. The van der Waals surface area contributed by atoms with Crippen LogP contribution in [0.1, 0.15) is 33.2 Å². The fourth-order valence-electron chi connectivity index (χ4n) is 2.84. The van der Waals surface area contributed by atoms with Gasteiger partial charge in [-0.25, -0.2) is 4.98 Å². The molecular formula is C19H23N3O3S. The molecule has 0 aliphatic rings. The second-order valence-electron chi connectivity index (χ2n) is 6.05.